The molecule has 1 aliphatic rings. The van der Waals surface area contributed by atoms with Crippen molar-refractivity contribution in [3.63, 3.8) is 0 Å². The molecule has 3 nitrogen and oxygen atoms in total. The summed E-state index contributed by atoms with van der Waals surface area (Å²) in [6, 6.07) is 90.1. The van der Waals surface area contributed by atoms with Crippen LogP contribution in [0, 0.1) is 0 Å². The van der Waals surface area contributed by atoms with E-state index in [1.807, 2.05) is 0 Å². The molecule has 2 heterocycles. The van der Waals surface area contributed by atoms with Gasteiger partial charge in [-0.05, 0) is 107 Å². The van der Waals surface area contributed by atoms with Gasteiger partial charge in [-0.1, -0.05) is 170 Å². The summed E-state index contributed by atoms with van der Waals surface area (Å²) in [4.78, 5) is 4.79. The molecule has 0 N–H and O–H groups in total. The fourth-order valence-corrected chi connectivity index (χ4v) is 9.64. The molecule has 296 valence electrons. The van der Waals surface area contributed by atoms with Crippen LogP contribution in [0.15, 0.2) is 249 Å². The second kappa shape index (κ2) is 15.3. The number of anilines is 6. The second-order valence-corrected chi connectivity index (χ2v) is 16.1. The molecule has 0 aliphatic carbocycles. The first-order chi connectivity index (χ1) is 31.3. The summed E-state index contributed by atoms with van der Waals surface area (Å²) in [5.74, 6) is 0. The van der Waals surface area contributed by atoms with E-state index in [2.05, 4.69) is 263 Å². The number of fused-ring (bicyclic) bond motifs is 8. The van der Waals surface area contributed by atoms with Gasteiger partial charge in [0.2, 0.25) is 0 Å². The second-order valence-electron chi connectivity index (χ2n) is 16.1. The summed E-state index contributed by atoms with van der Waals surface area (Å²) in [6.07, 6.45) is 0. The van der Waals surface area contributed by atoms with Crippen molar-refractivity contribution in [1.29, 1.82) is 0 Å². The molecule has 0 atom stereocenters. The van der Waals surface area contributed by atoms with E-state index in [-0.39, 0.29) is 0 Å². The standard InChI is InChI=1S/C60H41N3/c1-4-19-47(20-5-1)61(55-30-16-18-45-17-10-11-25-51(45)55)50-38-35-43(36-39-50)42-31-33-44(34-32-42)46-37-40-58-54(41-46)59-52-26-12-14-28-56(52)63(49-23-8-3-9-24-49)60(59)53-27-13-15-29-57(53)62(58)48-21-6-2-7-22-48/h1-41H. The van der Waals surface area contributed by atoms with Gasteiger partial charge in [-0.15, -0.1) is 0 Å². The van der Waals surface area contributed by atoms with Gasteiger partial charge in [0.15, 0.2) is 0 Å². The highest BCUT2D eigenvalue weighted by Crippen LogP contribution is 2.55. The topological polar surface area (TPSA) is 11.4 Å². The van der Waals surface area contributed by atoms with Gasteiger partial charge in [-0.25, -0.2) is 0 Å². The van der Waals surface area contributed by atoms with E-state index in [4.69, 9.17) is 0 Å². The van der Waals surface area contributed by atoms with Crippen molar-refractivity contribution >= 4 is 55.8 Å². The minimum Gasteiger partial charge on any atom is -0.310 e. The smallest absolute Gasteiger partial charge is 0.0641 e. The Hall–Kier alpha value is -8.40. The minimum absolute atomic E-state index is 1.11. The molecule has 11 aromatic rings. The van der Waals surface area contributed by atoms with Gasteiger partial charge in [0, 0.05) is 50.2 Å². The lowest BCUT2D eigenvalue weighted by Gasteiger charge is -2.28. The van der Waals surface area contributed by atoms with Crippen molar-refractivity contribution in [2.75, 3.05) is 9.80 Å². The maximum Gasteiger partial charge on any atom is 0.0641 e. The van der Waals surface area contributed by atoms with Crippen LogP contribution in [0.5, 0.6) is 0 Å². The van der Waals surface area contributed by atoms with Crippen LogP contribution in [-0.2, 0) is 0 Å². The van der Waals surface area contributed by atoms with Crippen LogP contribution in [0.3, 0.4) is 0 Å². The van der Waals surface area contributed by atoms with Gasteiger partial charge >= 0.3 is 0 Å². The predicted octanol–water partition coefficient (Wildman–Crippen LogP) is 16.7. The number of nitrogens with zero attached hydrogens (tertiary/aromatic N) is 3. The van der Waals surface area contributed by atoms with Crippen LogP contribution < -0.4 is 9.80 Å². The van der Waals surface area contributed by atoms with E-state index in [9.17, 15) is 0 Å². The first-order valence-corrected chi connectivity index (χ1v) is 21.6. The molecule has 3 heteroatoms. The molecule has 63 heavy (non-hydrogen) atoms. The molecule has 0 amide bonds. The van der Waals surface area contributed by atoms with Crippen LogP contribution in [0.1, 0.15) is 0 Å². The van der Waals surface area contributed by atoms with Crippen molar-refractivity contribution in [3.05, 3.63) is 249 Å². The third-order valence-corrected chi connectivity index (χ3v) is 12.5. The fourth-order valence-electron chi connectivity index (χ4n) is 9.64. The Morgan fingerprint density at radius 2 is 0.857 bits per heavy atom. The zero-order valence-electron chi connectivity index (χ0n) is 34.5. The Bertz CT molecular complexity index is 3420. The normalized spacial score (nSPS) is 11.8. The summed E-state index contributed by atoms with van der Waals surface area (Å²) in [5, 5.41) is 3.67. The quantitative estimate of drug-likeness (QED) is 0.159. The molecule has 0 saturated carbocycles. The Labute approximate surface area is 367 Å². The third-order valence-electron chi connectivity index (χ3n) is 12.5. The van der Waals surface area contributed by atoms with Crippen molar-refractivity contribution in [1.82, 2.24) is 4.57 Å². The highest BCUT2D eigenvalue weighted by molar-refractivity contribution is 6.13. The molecule has 10 aromatic carbocycles. The average molecular weight is 804 g/mol. The Balaban J connectivity index is 0.967. The summed E-state index contributed by atoms with van der Waals surface area (Å²) < 4.78 is 2.45. The maximum absolute atomic E-state index is 2.45. The molecule has 0 radical (unpaired) electrons. The lowest BCUT2D eigenvalue weighted by Crippen LogP contribution is -2.11. The summed E-state index contributed by atoms with van der Waals surface area (Å²) in [7, 11) is 0. The van der Waals surface area contributed by atoms with Gasteiger partial charge in [-0.3, -0.25) is 0 Å². The monoisotopic (exact) mass is 803 g/mol. The fraction of sp³-hybridized carbons (Fsp3) is 0. The van der Waals surface area contributed by atoms with Crippen molar-refractivity contribution < 1.29 is 0 Å². The number of hydrogen-bond acceptors (Lipinski definition) is 2. The molecule has 1 aliphatic heterocycles. The largest absolute Gasteiger partial charge is 0.310 e. The van der Waals surface area contributed by atoms with E-state index in [1.165, 1.54) is 66.3 Å². The van der Waals surface area contributed by atoms with Gasteiger partial charge in [0.25, 0.3) is 0 Å². The molecular weight excluding hydrogens is 763 g/mol. The minimum atomic E-state index is 1.11. The zero-order valence-corrected chi connectivity index (χ0v) is 34.5. The third kappa shape index (κ3) is 6.21. The number of aromatic nitrogens is 1. The Morgan fingerprint density at radius 3 is 1.60 bits per heavy atom. The molecule has 1 aromatic heterocycles. The lowest BCUT2D eigenvalue weighted by atomic mass is 9.93. The summed E-state index contributed by atoms with van der Waals surface area (Å²) >= 11 is 0. The zero-order chi connectivity index (χ0) is 41.7. The average Bonchev–Trinajstić information content (AvgIpc) is 3.64. The van der Waals surface area contributed by atoms with Gasteiger partial charge < -0.3 is 14.4 Å². The predicted molar refractivity (Wildman–Crippen MR) is 265 cm³/mol. The van der Waals surface area contributed by atoms with E-state index in [1.54, 1.807) is 0 Å². The van der Waals surface area contributed by atoms with Gasteiger partial charge in [0.05, 0.1) is 28.3 Å². The van der Waals surface area contributed by atoms with Crippen LogP contribution in [0.2, 0.25) is 0 Å². The molecule has 0 bridgehead atoms. The van der Waals surface area contributed by atoms with Crippen LogP contribution >= 0.6 is 0 Å². The van der Waals surface area contributed by atoms with Crippen molar-refractivity contribution in [3.8, 4) is 50.3 Å². The molecule has 0 unspecified atom stereocenters. The van der Waals surface area contributed by atoms with E-state index >= 15 is 0 Å². The highest BCUT2D eigenvalue weighted by atomic mass is 15.2. The highest BCUT2D eigenvalue weighted by Gasteiger charge is 2.31. The van der Waals surface area contributed by atoms with Gasteiger partial charge in [0.1, 0.15) is 0 Å². The molecule has 0 spiro atoms. The molecular formula is C60H41N3. The van der Waals surface area contributed by atoms with Gasteiger partial charge in [-0.2, -0.15) is 0 Å². The first-order valence-electron chi connectivity index (χ1n) is 21.6. The number of para-hydroxylation sites is 5. The van der Waals surface area contributed by atoms with E-state index < -0.39 is 0 Å². The van der Waals surface area contributed by atoms with Crippen LogP contribution in [0.4, 0.5) is 34.1 Å². The van der Waals surface area contributed by atoms with E-state index in [0.717, 1.165) is 39.8 Å². The van der Waals surface area contributed by atoms with Crippen LogP contribution in [-0.4, -0.2) is 4.57 Å². The number of rotatable bonds is 7. The molecule has 0 fully saturated rings. The van der Waals surface area contributed by atoms with Crippen molar-refractivity contribution in [2.24, 2.45) is 0 Å². The maximum atomic E-state index is 2.45. The SMILES string of the molecule is c1ccc(N2c3ccc(-c4ccc(-c5ccc(N(c6ccccc6)c6cccc7ccccc67)cc5)cc4)cc3-c3c(n(-c4ccccc4)c4ccccc34)-c3ccccc32)cc1. The summed E-state index contributed by atoms with van der Waals surface area (Å²) in [5.41, 5.74) is 18.7. The first kappa shape index (κ1) is 36.5. The number of benzene rings is 10. The van der Waals surface area contributed by atoms with E-state index in [0.29, 0.717) is 0 Å². The number of hydrogen-bond donors (Lipinski definition) is 0. The van der Waals surface area contributed by atoms with Crippen LogP contribution in [0.25, 0.3) is 72.0 Å². The summed E-state index contributed by atoms with van der Waals surface area (Å²) in [6.45, 7) is 0. The molecule has 12 rings (SSSR count). The van der Waals surface area contributed by atoms with Crippen molar-refractivity contribution in [2.45, 2.75) is 0 Å². The lowest BCUT2D eigenvalue weighted by molar-refractivity contribution is 1.13. The Morgan fingerprint density at radius 1 is 0.333 bits per heavy atom. The molecule has 0 saturated heterocycles. The Kier molecular flexibility index (Phi) is 8.83.